The largest absolute Gasteiger partial charge is 0.494 e. The van der Waals surface area contributed by atoms with Gasteiger partial charge in [-0.3, -0.25) is 14.6 Å². The van der Waals surface area contributed by atoms with E-state index in [9.17, 15) is 9.59 Å². The third kappa shape index (κ3) is 5.33. The van der Waals surface area contributed by atoms with E-state index >= 15 is 0 Å². The van der Waals surface area contributed by atoms with Crippen molar-refractivity contribution in [2.24, 2.45) is 0 Å². The van der Waals surface area contributed by atoms with Crippen molar-refractivity contribution in [3.8, 4) is 5.75 Å². The third-order valence-corrected chi connectivity index (χ3v) is 4.57. The topological polar surface area (TPSA) is 80.3 Å². The molecule has 0 spiro atoms. The molecule has 0 saturated heterocycles. The second kappa shape index (κ2) is 9.90. The van der Waals surface area contributed by atoms with Gasteiger partial charge in [-0.1, -0.05) is 24.4 Å². The molecule has 0 fully saturated rings. The van der Waals surface area contributed by atoms with Crippen LogP contribution in [0.25, 0.3) is 0 Å². The van der Waals surface area contributed by atoms with E-state index in [4.69, 9.17) is 16.3 Å². The van der Waals surface area contributed by atoms with Crippen molar-refractivity contribution in [3.05, 3.63) is 74.3 Å². The second-order valence-corrected chi connectivity index (χ2v) is 6.85. The monoisotopic (exact) mass is 399 g/mol. The molecule has 0 saturated carbocycles. The molecule has 0 aliphatic carbocycles. The fraction of sp³-hybridized carbons (Fsp3) is 0.286. The standard InChI is InChI=1S/C21H22ClN3O3/c22-15-5-7-17(8-6-15)28-14-4-2-1-3-11-24-18-19(21(27)20(18)26)25-16-9-12-23-13-10-16/h5-10,12-13,24H,1-4,11,14H2,(H,23,25). The number of pyridine rings is 1. The molecule has 6 nitrogen and oxygen atoms in total. The smallest absolute Gasteiger partial charge is 0.253 e. The number of ether oxygens (including phenoxy) is 1. The van der Waals surface area contributed by atoms with E-state index in [1.807, 2.05) is 24.3 Å². The molecule has 146 valence electrons. The summed E-state index contributed by atoms with van der Waals surface area (Å²) in [5, 5.41) is 6.75. The van der Waals surface area contributed by atoms with Crippen LogP contribution in [0.2, 0.25) is 5.02 Å². The van der Waals surface area contributed by atoms with E-state index in [0.717, 1.165) is 37.1 Å². The molecule has 2 aromatic carbocycles. The molecule has 0 aliphatic heterocycles. The van der Waals surface area contributed by atoms with Crippen molar-refractivity contribution in [2.75, 3.05) is 23.8 Å². The zero-order chi connectivity index (χ0) is 19.8. The maximum Gasteiger partial charge on any atom is 0.253 e. The number of anilines is 3. The van der Waals surface area contributed by atoms with E-state index in [-0.39, 0.29) is 0 Å². The summed E-state index contributed by atoms with van der Waals surface area (Å²) in [6.45, 7) is 1.31. The van der Waals surface area contributed by atoms with Crippen LogP contribution in [0.3, 0.4) is 0 Å². The summed E-state index contributed by atoms with van der Waals surface area (Å²) in [7, 11) is 0. The van der Waals surface area contributed by atoms with Crippen molar-refractivity contribution >= 4 is 28.7 Å². The number of benzene rings is 1. The lowest BCUT2D eigenvalue weighted by Crippen LogP contribution is -2.36. The quantitative estimate of drug-likeness (QED) is 0.373. The highest BCUT2D eigenvalue weighted by Gasteiger charge is 2.20. The molecule has 7 heteroatoms. The molecule has 0 amide bonds. The molecule has 1 heterocycles. The minimum atomic E-state index is -0.487. The zero-order valence-corrected chi connectivity index (χ0v) is 16.2. The van der Waals surface area contributed by atoms with Crippen LogP contribution < -0.4 is 26.2 Å². The number of hydrogen-bond acceptors (Lipinski definition) is 6. The van der Waals surface area contributed by atoms with Gasteiger partial charge in [-0.25, -0.2) is 0 Å². The minimum Gasteiger partial charge on any atom is -0.494 e. The van der Waals surface area contributed by atoms with Gasteiger partial charge in [-0.05, 0) is 49.2 Å². The van der Waals surface area contributed by atoms with Gasteiger partial charge in [0.2, 0.25) is 0 Å². The number of unbranched alkanes of at least 4 members (excludes halogenated alkanes) is 3. The van der Waals surface area contributed by atoms with Crippen molar-refractivity contribution in [1.29, 1.82) is 0 Å². The molecule has 0 aliphatic rings. The fourth-order valence-electron chi connectivity index (χ4n) is 2.77. The maximum atomic E-state index is 11.8. The van der Waals surface area contributed by atoms with Crippen LogP contribution in [0.15, 0.2) is 58.4 Å². The Balaban J connectivity index is 1.32. The van der Waals surface area contributed by atoms with Gasteiger partial charge in [-0.2, -0.15) is 0 Å². The van der Waals surface area contributed by atoms with Gasteiger partial charge in [0.25, 0.3) is 10.9 Å². The Kier molecular flexibility index (Phi) is 7.03. The lowest BCUT2D eigenvalue weighted by atomic mass is 10.1. The molecular formula is C21H22ClN3O3. The molecule has 0 atom stereocenters. The van der Waals surface area contributed by atoms with E-state index < -0.39 is 10.9 Å². The summed E-state index contributed by atoms with van der Waals surface area (Å²) >= 11 is 5.84. The van der Waals surface area contributed by atoms with Crippen molar-refractivity contribution < 1.29 is 4.74 Å². The Labute approximate surface area is 168 Å². The van der Waals surface area contributed by atoms with Gasteiger partial charge < -0.3 is 15.4 Å². The minimum absolute atomic E-state index is 0.326. The average molecular weight is 400 g/mol. The first kappa shape index (κ1) is 19.9. The van der Waals surface area contributed by atoms with E-state index in [1.165, 1.54) is 0 Å². The Morgan fingerprint density at radius 2 is 1.54 bits per heavy atom. The highest BCUT2D eigenvalue weighted by molar-refractivity contribution is 6.30. The average Bonchev–Trinajstić information content (AvgIpc) is 2.73. The third-order valence-electron chi connectivity index (χ3n) is 4.32. The summed E-state index contributed by atoms with van der Waals surface area (Å²) in [4.78, 5) is 27.5. The second-order valence-electron chi connectivity index (χ2n) is 6.41. The number of nitrogens with zero attached hydrogens (tertiary/aromatic N) is 1. The lowest BCUT2D eigenvalue weighted by Gasteiger charge is -2.14. The van der Waals surface area contributed by atoms with E-state index in [0.29, 0.717) is 29.5 Å². The van der Waals surface area contributed by atoms with Crippen molar-refractivity contribution in [2.45, 2.75) is 25.7 Å². The Hall–Kier alpha value is -2.86. The first-order chi connectivity index (χ1) is 13.6. The zero-order valence-electron chi connectivity index (χ0n) is 15.4. The first-order valence-corrected chi connectivity index (χ1v) is 9.65. The summed E-state index contributed by atoms with van der Waals surface area (Å²) in [6, 6.07) is 10.8. The van der Waals surface area contributed by atoms with E-state index in [1.54, 1.807) is 24.5 Å². The van der Waals surface area contributed by atoms with Gasteiger partial charge in [-0.15, -0.1) is 0 Å². The van der Waals surface area contributed by atoms with Crippen LogP contribution in [0.4, 0.5) is 17.1 Å². The number of rotatable bonds is 11. The normalized spacial score (nSPS) is 10.8. The highest BCUT2D eigenvalue weighted by Crippen LogP contribution is 2.20. The molecule has 0 unspecified atom stereocenters. The van der Waals surface area contributed by atoms with Crippen LogP contribution in [0.1, 0.15) is 25.7 Å². The summed E-state index contributed by atoms with van der Waals surface area (Å²) in [6.07, 6.45) is 7.16. The van der Waals surface area contributed by atoms with Crippen LogP contribution in [-0.2, 0) is 0 Å². The number of nitrogens with one attached hydrogen (secondary N) is 2. The SMILES string of the molecule is O=c1c(NCCCCCCOc2ccc(Cl)cc2)c(Nc2ccncc2)c1=O. The van der Waals surface area contributed by atoms with Crippen molar-refractivity contribution in [3.63, 3.8) is 0 Å². The first-order valence-electron chi connectivity index (χ1n) is 9.28. The molecule has 0 bridgehead atoms. The van der Waals surface area contributed by atoms with Crippen LogP contribution in [0.5, 0.6) is 5.75 Å². The van der Waals surface area contributed by atoms with E-state index in [2.05, 4.69) is 15.6 Å². The van der Waals surface area contributed by atoms with Crippen molar-refractivity contribution in [1.82, 2.24) is 4.98 Å². The van der Waals surface area contributed by atoms with Gasteiger partial charge >= 0.3 is 0 Å². The molecule has 3 rings (SSSR count). The highest BCUT2D eigenvalue weighted by atomic mass is 35.5. The number of hydrogen-bond donors (Lipinski definition) is 2. The van der Waals surface area contributed by atoms with Crippen LogP contribution in [-0.4, -0.2) is 18.1 Å². The molecule has 1 aromatic heterocycles. The van der Waals surface area contributed by atoms with Gasteiger partial charge in [0.1, 0.15) is 17.1 Å². The Morgan fingerprint density at radius 1 is 0.857 bits per heavy atom. The Bertz CT molecular complexity index is 951. The lowest BCUT2D eigenvalue weighted by molar-refractivity contribution is 0.305. The number of halogens is 1. The van der Waals surface area contributed by atoms with Gasteiger partial charge in [0, 0.05) is 29.6 Å². The maximum absolute atomic E-state index is 11.8. The molecular weight excluding hydrogens is 378 g/mol. The van der Waals surface area contributed by atoms with Gasteiger partial charge in [0.15, 0.2) is 0 Å². The molecule has 28 heavy (non-hydrogen) atoms. The van der Waals surface area contributed by atoms with Crippen LogP contribution >= 0.6 is 11.6 Å². The number of aromatic nitrogens is 1. The Morgan fingerprint density at radius 3 is 2.29 bits per heavy atom. The predicted molar refractivity (Wildman–Crippen MR) is 113 cm³/mol. The summed E-state index contributed by atoms with van der Waals surface area (Å²) in [5.41, 5.74) is 0.470. The van der Waals surface area contributed by atoms with Gasteiger partial charge in [0.05, 0.1) is 6.61 Å². The molecule has 2 N–H and O–H groups in total. The van der Waals surface area contributed by atoms with Crippen LogP contribution in [0, 0.1) is 0 Å². The summed E-state index contributed by atoms with van der Waals surface area (Å²) < 4.78 is 5.65. The fourth-order valence-corrected chi connectivity index (χ4v) is 2.90. The predicted octanol–water partition coefficient (Wildman–Crippen LogP) is 4.13. The molecule has 3 aromatic rings. The summed E-state index contributed by atoms with van der Waals surface area (Å²) in [5.74, 6) is 0.820. The molecule has 0 radical (unpaired) electrons.